The average molecular weight is 182 g/mol. The normalized spacial score (nSPS) is 11.8. The molecule has 0 aromatic rings. The zero-order chi connectivity index (χ0) is 9.56. The molecule has 0 aliphatic carbocycles. The lowest BCUT2D eigenvalue weighted by Crippen LogP contribution is -2.27. The zero-order valence-corrected chi connectivity index (χ0v) is 5.78. The van der Waals surface area contributed by atoms with Crippen LogP contribution in [0.2, 0.25) is 0 Å². The Kier molecular flexibility index (Phi) is 4.38. The van der Waals surface area contributed by atoms with Gasteiger partial charge in [-0.1, -0.05) is 0 Å². The molecule has 0 fully saturated rings. The summed E-state index contributed by atoms with van der Waals surface area (Å²) in [6.07, 6.45) is -1.33. The van der Waals surface area contributed by atoms with Gasteiger partial charge in [-0.3, -0.25) is 0 Å². The van der Waals surface area contributed by atoms with Crippen molar-refractivity contribution in [3.8, 4) is 0 Å². The van der Waals surface area contributed by atoms with Gasteiger partial charge in [-0.15, -0.1) is 20.2 Å². The second-order valence-corrected chi connectivity index (χ2v) is 1.65. The Hall–Kier alpha value is -1.64. The highest BCUT2D eigenvalue weighted by atomic mass is 17.0. The molecule has 0 aromatic heterocycles. The number of aliphatic hydroxyl groups is 1. The van der Waals surface area contributed by atoms with Gasteiger partial charge < -0.3 is 14.8 Å². The van der Waals surface area contributed by atoms with E-state index in [0.29, 0.717) is 0 Å². The monoisotopic (exact) mass is 182 g/mol. The van der Waals surface area contributed by atoms with Crippen LogP contribution in [0.3, 0.4) is 0 Å². The molecule has 9 nitrogen and oxygen atoms in total. The zero-order valence-electron chi connectivity index (χ0n) is 5.78. The smallest absolute Gasteiger partial charge is 0.294 e. The highest BCUT2D eigenvalue weighted by molar-refractivity contribution is 4.48. The standard InChI is InChI=1S/C3H6N2O7/c6-1-3(12-5(9)10)2-11-4(7)8/h3,6H,1-2H2/t3-/m1/s1. The van der Waals surface area contributed by atoms with E-state index in [1.165, 1.54) is 0 Å². The number of hydrogen-bond donors (Lipinski definition) is 1. The highest BCUT2D eigenvalue weighted by Gasteiger charge is 2.13. The molecule has 70 valence electrons. The Balaban J connectivity index is 3.67. The molecule has 0 unspecified atom stereocenters. The fourth-order valence-electron chi connectivity index (χ4n) is 0.382. The first kappa shape index (κ1) is 10.4. The molecule has 0 bridgehead atoms. The van der Waals surface area contributed by atoms with Crippen molar-refractivity contribution >= 4 is 0 Å². The maximum absolute atomic E-state index is 9.66. The first-order valence-electron chi connectivity index (χ1n) is 2.75. The third-order valence-corrected chi connectivity index (χ3v) is 0.805. The first-order valence-corrected chi connectivity index (χ1v) is 2.75. The number of nitrogens with zero attached hydrogens (tertiary/aromatic N) is 2. The lowest BCUT2D eigenvalue weighted by Gasteiger charge is -2.08. The van der Waals surface area contributed by atoms with Gasteiger partial charge in [-0.2, -0.15) is 0 Å². The Bertz CT molecular complexity index is 170. The van der Waals surface area contributed by atoms with Gasteiger partial charge >= 0.3 is 0 Å². The highest BCUT2D eigenvalue weighted by Crippen LogP contribution is 1.92. The van der Waals surface area contributed by atoms with E-state index < -0.39 is 29.5 Å². The van der Waals surface area contributed by atoms with Crippen LogP contribution in [-0.2, 0) is 9.68 Å². The quantitative estimate of drug-likeness (QED) is 0.402. The topological polar surface area (TPSA) is 125 Å². The Morgan fingerprint density at radius 3 is 2.25 bits per heavy atom. The van der Waals surface area contributed by atoms with Crippen LogP contribution >= 0.6 is 0 Å². The van der Waals surface area contributed by atoms with Gasteiger partial charge in [-0.05, 0) is 0 Å². The number of aliphatic hydroxyl groups excluding tert-OH is 1. The predicted octanol–water partition coefficient (Wildman–Crippen LogP) is -1.24. The van der Waals surface area contributed by atoms with E-state index in [4.69, 9.17) is 5.11 Å². The van der Waals surface area contributed by atoms with Crippen LogP contribution < -0.4 is 0 Å². The van der Waals surface area contributed by atoms with Crippen LogP contribution in [0, 0.1) is 20.2 Å². The third kappa shape index (κ3) is 5.17. The van der Waals surface area contributed by atoms with Crippen LogP contribution in [0.25, 0.3) is 0 Å². The summed E-state index contributed by atoms with van der Waals surface area (Å²) in [4.78, 5) is 26.8. The number of hydrogen-bond acceptors (Lipinski definition) is 7. The molecular formula is C3H6N2O7. The van der Waals surface area contributed by atoms with Crippen LogP contribution in [-0.4, -0.2) is 34.6 Å². The predicted molar refractivity (Wildman–Crippen MR) is 31.9 cm³/mol. The van der Waals surface area contributed by atoms with E-state index in [-0.39, 0.29) is 0 Å². The second kappa shape index (κ2) is 5.07. The molecular weight excluding hydrogens is 176 g/mol. The summed E-state index contributed by atoms with van der Waals surface area (Å²) in [6.45, 7) is -1.40. The van der Waals surface area contributed by atoms with Crippen molar-refractivity contribution < 1.29 is 25.0 Å². The molecule has 1 atom stereocenters. The molecule has 0 amide bonds. The van der Waals surface area contributed by atoms with Gasteiger partial charge in [0.05, 0.1) is 6.61 Å². The first-order chi connectivity index (χ1) is 5.56. The van der Waals surface area contributed by atoms with E-state index in [9.17, 15) is 20.2 Å². The Morgan fingerprint density at radius 1 is 1.33 bits per heavy atom. The van der Waals surface area contributed by atoms with Gasteiger partial charge in [0, 0.05) is 0 Å². The largest absolute Gasteiger partial charge is 0.394 e. The molecule has 0 aliphatic rings. The van der Waals surface area contributed by atoms with Crippen LogP contribution in [0.5, 0.6) is 0 Å². The molecule has 0 aliphatic heterocycles. The van der Waals surface area contributed by atoms with E-state index in [1.807, 2.05) is 0 Å². The molecule has 0 spiro atoms. The number of rotatable bonds is 6. The van der Waals surface area contributed by atoms with Crippen LogP contribution in [0.4, 0.5) is 0 Å². The molecule has 0 saturated carbocycles. The van der Waals surface area contributed by atoms with Crippen LogP contribution in [0.15, 0.2) is 0 Å². The molecule has 9 heteroatoms. The minimum atomic E-state index is -1.33. The van der Waals surface area contributed by atoms with E-state index in [0.717, 1.165) is 0 Å². The molecule has 0 aromatic carbocycles. The maximum Gasteiger partial charge on any atom is 0.294 e. The molecule has 0 saturated heterocycles. The van der Waals surface area contributed by atoms with Crippen LogP contribution in [0.1, 0.15) is 0 Å². The summed E-state index contributed by atoms with van der Waals surface area (Å²) in [5.41, 5.74) is 0. The molecule has 0 heterocycles. The Morgan fingerprint density at radius 2 is 1.92 bits per heavy atom. The molecule has 12 heavy (non-hydrogen) atoms. The minimum absolute atomic E-state index is 0.676. The van der Waals surface area contributed by atoms with Crippen molar-refractivity contribution in [3.63, 3.8) is 0 Å². The third-order valence-electron chi connectivity index (χ3n) is 0.805. The fraction of sp³-hybridized carbons (Fsp3) is 1.00. The van der Waals surface area contributed by atoms with Gasteiger partial charge in [0.15, 0.2) is 6.10 Å². The second-order valence-electron chi connectivity index (χ2n) is 1.65. The Labute approximate surface area is 65.7 Å². The lowest BCUT2D eigenvalue weighted by atomic mass is 10.4. The van der Waals surface area contributed by atoms with Crippen molar-refractivity contribution in [2.24, 2.45) is 0 Å². The van der Waals surface area contributed by atoms with Crippen molar-refractivity contribution in [1.29, 1.82) is 0 Å². The maximum atomic E-state index is 9.66. The minimum Gasteiger partial charge on any atom is -0.394 e. The average Bonchev–Trinajstić information content (AvgIpc) is 1.97. The van der Waals surface area contributed by atoms with Crippen molar-refractivity contribution in [2.45, 2.75) is 6.10 Å². The fourth-order valence-corrected chi connectivity index (χ4v) is 0.382. The van der Waals surface area contributed by atoms with Crippen molar-refractivity contribution in [3.05, 3.63) is 20.2 Å². The summed E-state index contributed by atoms with van der Waals surface area (Å²) >= 11 is 0. The van der Waals surface area contributed by atoms with Gasteiger partial charge in [0.1, 0.15) is 6.61 Å². The van der Waals surface area contributed by atoms with E-state index >= 15 is 0 Å². The molecule has 0 rings (SSSR count). The van der Waals surface area contributed by atoms with Gasteiger partial charge in [0.25, 0.3) is 10.2 Å². The summed E-state index contributed by atoms with van der Waals surface area (Å²) in [5.74, 6) is 0. The summed E-state index contributed by atoms with van der Waals surface area (Å²) < 4.78 is 0. The van der Waals surface area contributed by atoms with Crippen molar-refractivity contribution in [1.82, 2.24) is 0 Å². The summed E-state index contributed by atoms with van der Waals surface area (Å²) in [6, 6.07) is 0. The van der Waals surface area contributed by atoms with E-state index in [2.05, 4.69) is 9.68 Å². The SMILES string of the molecule is O=[N+]([O-])OC[C@@H](CO)O[N+](=O)[O-]. The lowest BCUT2D eigenvalue weighted by molar-refractivity contribution is -0.790. The summed E-state index contributed by atoms with van der Waals surface area (Å²) in [7, 11) is 0. The van der Waals surface area contributed by atoms with Gasteiger partial charge in [0.2, 0.25) is 0 Å². The molecule has 0 radical (unpaired) electrons. The van der Waals surface area contributed by atoms with Crippen molar-refractivity contribution in [2.75, 3.05) is 13.2 Å². The molecule has 1 N–H and O–H groups in total. The van der Waals surface area contributed by atoms with E-state index in [1.54, 1.807) is 0 Å². The summed E-state index contributed by atoms with van der Waals surface area (Å²) in [5, 5.41) is 25.3. The van der Waals surface area contributed by atoms with Gasteiger partial charge in [-0.25, -0.2) is 0 Å².